The van der Waals surface area contributed by atoms with Crippen LogP contribution >= 0.6 is 0 Å². The summed E-state index contributed by atoms with van der Waals surface area (Å²) >= 11 is 0. The number of hydrogen-bond donors (Lipinski definition) is 1. The molecule has 1 fully saturated rings. The lowest BCUT2D eigenvalue weighted by Gasteiger charge is -2.34. The van der Waals surface area contributed by atoms with Gasteiger partial charge in [-0.15, -0.1) is 0 Å². The van der Waals surface area contributed by atoms with E-state index in [9.17, 15) is 0 Å². The molecule has 0 aromatic heterocycles. The molecule has 102 valence electrons. The fourth-order valence-corrected chi connectivity index (χ4v) is 2.27. The third-order valence-corrected chi connectivity index (χ3v) is 3.24. The predicted octanol–water partition coefficient (Wildman–Crippen LogP) is 1.11. The molecular formula is C13H28N2O2. The monoisotopic (exact) mass is 244 g/mol. The van der Waals surface area contributed by atoms with Gasteiger partial charge < -0.3 is 14.8 Å². The largest absolute Gasteiger partial charge is 0.380 e. The second-order valence-corrected chi connectivity index (χ2v) is 4.43. The summed E-state index contributed by atoms with van der Waals surface area (Å²) in [7, 11) is 0. The van der Waals surface area contributed by atoms with E-state index < -0.39 is 0 Å². The molecule has 1 heterocycles. The Morgan fingerprint density at radius 2 is 1.76 bits per heavy atom. The van der Waals surface area contributed by atoms with Crippen molar-refractivity contribution >= 4 is 0 Å². The SMILES string of the molecule is CCOCCN(CCOCC)C1CCCNC1. The van der Waals surface area contributed by atoms with Crippen LogP contribution in [0, 0.1) is 0 Å². The van der Waals surface area contributed by atoms with Crippen molar-refractivity contribution in [3.05, 3.63) is 0 Å². The van der Waals surface area contributed by atoms with Crippen LogP contribution < -0.4 is 5.32 Å². The molecule has 1 aliphatic heterocycles. The highest BCUT2D eigenvalue weighted by Gasteiger charge is 2.20. The zero-order chi connectivity index (χ0) is 12.3. The average molecular weight is 244 g/mol. The van der Waals surface area contributed by atoms with Crippen LogP contribution in [0.1, 0.15) is 26.7 Å². The smallest absolute Gasteiger partial charge is 0.0593 e. The molecule has 0 aromatic carbocycles. The van der Waals surface area contributed by atoms with Gasteiger partial charge in [-0.1, -0.05) is 0 Å². The summed E-state index contributed by atoms with van der Waals surface area (Å²) < 4.78 is 10.9. The van der Waals surface area contributed by atoms with E-state index in [0.717, 1.165) is 46.1 Å². The van der Waals surface area contributed by atoms with Gasteiger partial charge in [-0.05, 0) is 33.2 Å². The van der Waals surface area contributed by atoms with Gasteiger partial charge >= 0.3 is 0 Å². The third kappa shape index (κ3) is 6.36. The van der Waals surface area contributed by atoms with Crippen molar-refractivity contribution in [2.45, 2.75) is 32.7 Å². The van der Waals surface area contributed by atoms with Gasteiger partial charge in [0.05, 0.1) is 13.2 Å². The van der Waals surface area contributed by atoms with Crippen LogP contribution in [0.2, 0.25) is 0 Å². The zero-order valence-corrected chi connectivity index (χ0v) is 11.4. The van der Waals surface area contributed by atoms with Crippen LogP contribution in [-0.4, -0.2) is 63.5 Å². The second kappa shape index (κ2) is 9.83. The average Bonchev–Trinajstić information content (AvgIpc) is 2.38. The maximum Gasteiger partial charge on any atom is 0.0593 e. The van der Waals surface area contributed by atoms with Gasteiger partial charge in [-0.3, -0.25) is 4.90 Å². The first-order valence-electron chi connectivity index (χ1n) is 6.98. The van der Waals surface area contributed by atoms with E-state index in [1.807, 2.05) is 13.8 Å². The normalized spacial score (nSPS) is 21.0. The molecule has 0 bridgehead atoms. The second-order valence-electron chi connectivity index (χ2n) is 4.43. The van der Waals surface area contributed by atoms with Gasteiger partial charge in [0.15, 0.2) is 0 Å². The first-order chi connectivity index (χ1) is 8.38. The van der Waals surface area contributed by atoms with Crippen molar-refractivity contribution in [2.24, 2.45) is 0 Å². The number of piperidine rings is 1. The molecule has 0 saturated carbocycles. The minimum Gasteiger partial charge on any atom is -0.380 e. The van der Waals surface area contributed by atoms with E-state index in [-0.39, 0.29) is 0 Å². The summed E-state index contributed by atoms with van der Waals surface area (Å²) in [5.41, 5.74) is 0. The van der Waals surface area contributed by atoms with Crippen molar-refractivity contribution in [1.29, 1.82) is 0 Å². The zero-order valence-electron chi connectivity index (χ0n) is 11.4. The summed E-state index contributed by atoms with van der Waals surface area (Å²) in [5, 5.41) is 3.47. The summed E-state index contributed by atoms with van der Waals surface area (Å²) in [6.07, 6.45) is 2.58. The third-order valence-electron chi connectivity index (χ3n) is 3.24. The molecule has 0 aliphatic carbocycles. The molecular weight excluding hydrogens is 216 g/mol. The standard InChI is InChI=1S/C13H28N2O2/c1-3-16-10-8-15(9-11-17-4-2)13-6-5-7-14-12-13/h13-14H,3-12H2,1-2H3. The van der Waals surface area contributed by atoms with Crippen molar-refractivity contribution in [3.63, 3.8) is 0 Å². The Kier molecular flexibility index (Phi) is 8.61. The number of nitrogens with one attached hydrogen (secondary N) is 1. The number of ether oxygens (including phenoxy) is 2. The molecule has 0 amide bonds. The highest BCUT2D eigenvalue weighted by Crippen LogP contribution is 2.10. The Morgan fingerprint density at radius 3 is 2.24 bits per heavy atom. The van der Waals surface area contributed by atoms with Gasteiger partial charge in [0, 0.05) is 38.9 Å². The Bertz CT molecular complexity index is 163. The molecule has 0 spiro atoms. The van der Waals surface area contributed by atoms with Crippen LogP contribution in [0.25, 0.3) is 0 Å². The Hall–Kier alpha value is -0.160. The lowest BCUT2D eigenvalue weighted by Crippen LogP contribution is -2.48. The van der Waals surface area contributed by atoms with Crippen molar-refractivity contribution in [3.8, 4) is 0 Å². The van der Waals surface area contributed by atoms with Crippen molar-refractivity contribution in [2.75, 3.05) is 52.6 Å². The number of rotatable bonds is 9. The maximum atomic E-state index is 5.46. The molecule has 4 nitrogen and oxygen atoms in total. The van der Waals surface area contributed by atoms with Gasteiger partial charge in [-0.2, -0.15) is 0 Å². The van der Waals surface area contributed by atoms with Crippen LogP contribution in [0.4, 0.5) is 0 Å². The quantitative estimate of drug-likeness (QED) is 0.616. The fourth-order valence-electron chi connectivity index (χ4n) is 2.27. The maximum absolute atomic E-state index is 5.46. The molecule has 1 unspecified atom stereocenters. The first kappa shape index (κ1) is 14.9. The Morgan fingerprint density at radius 1 is 1.12 bits per heavy atom. The predicted molar refractivity (Wildman–Crippen MR) is 70.5 cm³/mol. The highest BCUT2D eigenvalue weighted by atomic mass is 16.5. The Labute approximate surface area is 106 Å². The van der Waals surface area contributed by atoms with Crippen LogP contribution in [-0.2, 0) is 9.47 Å². The first-order valence-corrected chi connectivity index (χ1v) is 6.98. The summed E-state index contributed by atoms with van der Waals surface area (Å²) in [6.45, 7) is 11.7. The van der Waals surface area contributed by atoms with Crippen LogP contribution in [0.15, 0.2) is 0 Å². The van der Waals surface area contributed by atoms with E-state index >= 15 is 0 Å². The molecule has 1 rings (SSSR count). The molecule has 0 aromatic rings. The highest BCUT2D eigenvalue weighted by molar-refractivity contribution is 4.78. The minimum absolute atomic E-state index is 0.657. The van der Waals surface area contributed by atoms with E-state index in [4.69, 9.17) is 9.47 Å². The van der Waals surface area contributed by atoms with Crippen LogP contribution in [0.5, 0.6) is 0 Å². The molecule has 0 radical (unpaired) electrons. The lowest BCUT2D eigenvalue weighted by atomic mass is 10.1. The molecule has 1 aliphatic rings. The topological polar surface area (TPSA) is 33.7 Å². The molecule has 1 saturated heterocycles. The van der Waals surface area contributed by atoms with Crippen molar-refractivity contribution in [1.82, 2.24) is 10.2 Å². The number of nitrogens with zero attached hydrogens (tertiary/aromatic N) is 1. The van der Waals surface area contributed by atoms with Gasteiger partial charge in [-0.25, -0.2) is 0 Å². The van der Waals surface area contributed by atoms with Crippen molar-refractivity contribution < 1.29 is 9.47 Å². The fraction of sp³-hybridized carbons (Fsp3) is 1.00. The van der Waals surface area contributed by atoms with E-state index in [0.29, 0.717) is 6.04 Å². The molecule has 17 heavy (non-hydrogen) atoms. The van der Waals surface area contributed by atoms with E-state index in [1.54, 1.807) is 0 Å². The van der Waals surface area contributed by atoms with E-state index in [2.05, 4.69) is 10.2 Å². The van der Waals surface area contributed by atoms with Gasteiger partial charge in [0.25, 0.3) is 0 Å². The summed E-state index contributed by atoms with van der Waals surface area (Å²) in [4.78, 5) is 2.51. The van der Waals surface area contributed by atoms with Gasteiger partial charge in [0.2, 0.25) is 0 Å². The van der Waals surface area contributed by atoms with Gasteiger partial charge in [0.1, 0.15) is 0 Å². The van der Waals surface area contributed by atoms with E-state index in [1.165, 1.54) is 19.4 Å². The molecule has 1 N–H and O–H groups in total. The van der Waals surface area contributed by atoms with Crippen LogP contribution in [0.3, 0.4) is 0 Å². The lowest BCUT2D eigenvalue weighted by molar-refractivity contribution is 0.0564. The summed E-state index contributed by atoms with van der Waals surface area (Å²) in [5.74, 6) is 0. The molecule has 1 atom stereocenters. The number of hydrogen-bond acceptors (Lipinski definition) is 4. The summed E-state index contributed by atoms with van der Waals surface area (Å²) in [6, 6.07) is 0.657. The minimum atomic E-state index is 0.657. The molecule has 4 heteroatoms. The Balaban J connectivity index is 2.27.